The number of rotatable bonds is 7. The Hall–Kier alpha value is -3.07. The Labute approximate surface area is 168 Å². The lowest BCUT2D eigenvalue weighted by Gasteiger charge is -2.18. The first-order chi connectivity index (χ1) is 14.1. The smallest absolute Gasteiger partial charge is 0.245 e. The van der Waals surface area contributed by atoms with E-state index in [0.717, 1.165) is 12.0 Å². The van der Waals surface area contributed by atoms with E-state index in [4.69, 9.17) is 14.2 Å². The van der Waals surface area contributed by atoms with Crippen LogP contribution in [-0.2, 0) is 14.3 Å². The Kier molecular flexibility index (Phi) is 5.66. The third-order valence-electron chi connectivity index (χ3n) is 5.16. The van der Waals surface area contributed by atoms with Crippen molar-refractivity contribution < 1.29 is 23.8 Å². The fraction of sp³-hybridized carbons (Fsp3) is 0.450. The van der Waals surface area contributed by atoms with Crippen LogP contribution in [0.3, 0.4) is 0 Å². The molecule has 2 aliphatic heterocycles. The summed E-state index contributed by atoms with van der Waals surface area (Å²) in [5.41, 5.74) is 0.990. The van der Waals surface area contributed by atoms with Gasteiger partial charge < -0.3 is 24.4 Å². The van der Waals surface area contributed by atoms with Gasteiger partial charge >= 0.3 is 0 Å². The van der Waals surface area contributed by atoms with Crippen LogP contribution in [0.4, 0.5) is 5.82 Å². The number of nitrogens with one attached hydrogen (secondary N) is 2. The predicted molar refractivity (Wildman–Crippen MR) is 104 cm³/mol. The number of anilines is 1. The van der Waals surface area contributed by atoms with Crippen molar-refractivity contribution >= 4 is 17.6 Å². The van der Waals surface area contributed by atoms with Gasteiger partial charge in [-0.3, -0.25) is 14.7 Å². The van der Waals surface area contributed by atoms with Crippen molar-refractivity contribution in [3.8, 4) is 11.5 Å². The summed E-state index contributed by atoms with van der Waals surface area (Å²) >= 11 is 0. The number of nitrogens with zero attached hydrogens (tertiary/aromatic N) is 2. The average molecular weight is 400 g/mol. The summed E-state index contributed by atoms with van der Waals surface area (Å²) in [4.78, 5) is 26.2. The maximum Gasteiger partial charge on any atom is 0.245 e. The highest BCUT2D eigenvalue weighted by atomic mass is 16.6. The third kappa shape index (κ3) is 4.51. The molecule has 2 unspecified atom stereocenters. The first-order valence-corrected chi connectivity index (χ1v) is 9.61. The van der Waals surface area contributed by atoms with Crippen molar-refractivity contribution in [3.63, 3.8) is 0 Å². The molecule has 2 saturated heterocycles. The SMILES string of the molecule is COc1ccc(C2CC(=O)N(CC(=O)Nc3ccn[nH]3)C2)cc1OC1CCOC1. The van der Waals surface area contributed by atoms with Gasteiger partial charge in [0.15, 0.2) is 11.5 Å². The van der Waals surface area contributed by atoms with Crippen LogP contribution in [0.2, 0.25) is 0 Å². The van der Waals surface area contributed by atoms with Crippen molar-refractivity contribution in [1.29, 1.82) is 0 Å². The molecule has 9 nitrogen and oxygen atoms in total. The number of H-pyrrole nitrogens is 1. The summed E-state index contributed by atoms with van der Waals surface area (Å²) in [5, 5.41) is 9.14. The Bertz CT molecular complexity index is 864. The molecule has 1 aromatic heterocycles. The average Bonchev–Trinajstić information content (AvgIpc) is 3.46. The van der Waals surface area contributed by atoms with E-state index in [9.17, 15) is 9.59 Å². The third-order valence-corrected chi connectivity index (χ3v) is 5.16. The summed E-state index contributed by atoms with van der Waals surface area (Å²) in [6.45, 7) is 1.74. The van der Waals surface area contributed by atoms with Crippen LogP contribution in [0, 0.1) is 0 Å². The number of ether oxygens (including phenoxy) is 3. The number of benzene rings is 1. The molecule has 154 valence electrons. The molecular weight excluding hydrogens is 376 g/mol. The fourth-order valence-corrected chi connectivity index (χ4v) is 3.66. The molecule has 2 aliphatic rings. The zero-order chi connectivity index (χ0) is 20.2. The molecule has 2 aromatic rings. The molecule has 0 aliphatic carbocycles. The largest absolute Gasteiger partial charge is 0.493 e. The molecule has 2 fully saturated rings. The van der Waals surface area contributed by atoms with Gasteiger partial charge in [-0.05, 0) is 17.7 Å². The van der Waals surface area contributed by atoms with Gasteiger partial charge in [0.05, 0.1) is 33.1 Å². The molecule has 0 saturated carbocycles. The second-order valence-electron chi connectivity index (χ2n) is 7.21. The number of methoxy groups -OCH3 is 1. The minimum Gasteiger partial charge on any atom is -0.493 e. The summed E-state index contributed by atoms with van der Waals surface area (Å²) in [6, 6.07) is 7.39. The molecule has 3 heterocycles. The van der Waals surface area contributed by atoms with E-state index in [-0.39, 0.29) is 30.4 Å². The van der Waals surface area contributed by atoms with Gasteiger partial charge in [-0.25, -0.2) is 0 Å². The molecule has 1 aromatic carbocycles. The molecule has 0 bridgehead atoms. The number of likely N-dealkylation sites (tertiary alicyclic amines) is 1. The molecule has 2 N–H and O–H groups in total. The molecule has 9 heteroatoms. The standard InChI is InChI=1S/C20H24N4O5/c1-27-16-3-2-13(8-17(16)29-15-5-7-28-12-15)14-9-20(26)24(10-14)11-19(25)22-18-4-6-21-23-18/h2-4,6,8,14-15H,5,7,9-12H2,1H3,(H2,21,22,23,25). The maximum atomic E-state index is 12.4. The van der Waals surface area contributed by atoms with E-state index in [2.05, 4.69) is 15.5 Å². The minimum atomic E-state index is -0.261. The molecule has 4 rings (SSSR count). The first-order valence-electron chi connectivity index (χ1n) is 9.61. The van der Waals surface area contributed by atoms with E-state index in [0.29, 0.717) is 43.5 Å². The van der Waals surface area contributed by atoms with Crippen LogP contribution in [0.25, 0.3) is 0 Å². The second kappa shape index (κ2) is 8.52. The second-order valence-corrected chi connectivity index (χ2v) is 7.21. The molecule has 2 atom stereocenters. The number of carbonyl (C=O) groups is 2. The topological polar surface area (TPSA) is 106 Å². The van der Waals surface area contributed by atoms with Gasteiger partial charge in [0, 0.05) is 31.4 Å². The highest BCUT2D eigenvalue weighted by Gasteiger charge is 2.32. The number of hydrogen-bond donors (Lipinski definition) is 2. The van der Waals surface area contributed by atoms with Crippen LogP contribution < -0.4 is 14.8 Å². The van der Waals surface area contributed by atoms with Gasteiger partial charge in [-0.2, -0.15) is 5.10 Å². The molecule has 2 amide bonds. The van der Waals surface area contributed by atoms with Crippen molar-refractivity contribution in [3.05, 3.63) is 36.0 Å². The number of hydrogen-bond acceptors (Lipinski definition) is 6. The Balaban J connectivity index is 1.41. The lowest BCUT2D eigenvalue weighted by molar-refractivity contribution is -0.131. The van der Waals surface area contributed by atoms with Crippen LogP contribution in [-0.4, -0.2) is 66.4 Å². The van der Waals surface area contributed by atoms with Gasteiger partial charge in [-0.1, -0.05) is 6.07 Å². The summed E-state index contributed by atoms with van der Waals surface area (Å²) in [6.07, 6.45) is 2.75. The number of carbonyl (C=O) groups excluding carboxylic acids is 2. The Morgan fingerprint density at radius 2 is 2.28 bits per heavy atom. The van der Waals surface area contributed by atoms with Crippen LogP contribution in [0.5, 0.6) is 11.5 Å². The van der Waals surface area contributed by atoms with Gasteiger partial charge in [0.1, 0.15) is 11.9 Å². The monoisotopic (exact) mass is 400 g/mol. The summed E-state index contributed by atoms with van der Waals surface area (Å²) in [7, 11) is 1.60. The van der Waals surface area contributed by atoms with Gasteiger partial charge in [0.25, 0.3) is 0 Å². The van der Waals surface area contributed by atoms with Crippen LogP contribution >= 0.6 is 0 Å². The van der Waals surface area contributed by atoms with E-state index < -0.39 is 0 Å². The lowest BCUT2D eigenvalue weighted by atomic mass is 9.98. The summed E-state index contributed by atoms with van der Waals surface area (Å²) in [5.74, 6) is 1.51. The zero-order valence-electron chi connectivity index (χ0n) is 16.2. The van der Waals surface area contributed by atoms with E-state index >= 15 is 0 Å². The minimum absolute atomic E-state index is 0.00413. The Morgan fingerprint density at radius 1 is 1.38 bits per heavy atom. The number of aromatic nitrogens is 2. The van der Waals surface area contributed by atoms with Gasteiger partial charge in [-0.15, -0.1) is 0 Å². The van der Waals surface area contributed by atoms with Gasteiger partial charge in [0.2, 0.25) is 11.8 Å². The maximum absolute atomic E-state index is 12.4. The zero-order valence-corrected chi connectivity index (χ0v) is 16.2. The molecule has 0 radical (unpaired) electrons. The highest BCUT2D eigenvalue weighted by molar-refractivity contribution is 5.94. The highest BCUT2D eigenvalue weighted by Crippen LogP contribution is 2.36. The van der Waals surface area contributed by atoms with Crippen molar-refractivity contribution in [2.75, 3.05) is 38.7 Å². The molecular formula is C20H24N4O5. The Morgan fingerprint density at radius 3 is 3.00 bits per heavy atom. The molecule has 0 spiro atoms. The van der Waals surface area contributed by atoms with Crippen LogP contribution in [0.1, 0.15) is 24.3 Å². The van der Waals surface area contributed by atoms with Crippen molar-refractivity contribution in [2.24, 2.45) is 0 Å². The lowest BCUT2D eigenvalue weighted by Crippen LogP contribution is -2.34. The summed E-state index contributed by atoms with van der Waals surface area (Å²) < 4.78 is 16.8. The van der Waals surface area contributed by atoms with Crippen LogP contribution in [0.15, 0.2) is 30.5 Å². The van der Waals surface area contributed by atoms with Crippen molar-refractivity contribution in [2.45, 2.75) is 24.9 Å². The molecule has 29 heavy (non-hydrogen) atoms. The van der Waals surface area contributed by atoms with E-state index in [1.165, 1.54) is 0 Å². The van der Waals surface area contributed by atoms with Crippen molar-refractivity contribution in [1.82, 2.24) is 15.1 Å². The first kappa shape index (κ1) is 19.3. The fourth-order valence-electron chi connectivity index (χ4n) is 3.66. The predicted octanol–water partition coefficient (Wildman–Crippen LogP) is 1.54. The van der Waals surface area contributed by atoms with E-state index in [1.54, 1.807) is 24.3 Å². The number of aromatic amines is 1. The normalized spacial score (nSPS) is 21.4. The number of amides is 2. The van der Waals surface area contributed by atoms with E-state index in [1.807, 2.05) is 18.2 Å². The quantitative estimate of drug-likeness (QED) is 0.730.